The minimum Gasteiger partial charge on any atom is -0.462 e. The van der Waals surface area contributed by atoms with Crippen LogP contribution in [0.2, 0.25) is 0 Å². The maximum Gasteiger partial charge on any atom is 0.341 e. The molecule has 2 aromatic rings. The molecule has 2 rings (SSSR count). The third-order valence-electron chi connectivity index (χ3n) is 3.96. The zero-order valence-corrected chi connectivity index (χ0v) is 15.7. The number of thiophene rings is 1. The van der Waals surface area contributed by atoms with Crippen molar-refractivity contribution in [2.75, 3.05) is 18.5 Å². The molecule has 0 aliphatic heterocycles. The number of amides is 1. The maximum absolute atomic E-state index is 12.4. The Morgan fingerprint density at radius 3 is 2.60 bits per heavy atom. The van der Waals surface area contributed by atoms with E-state index >= 15 is 0 Å². The smallest absolute Gasteiger partial charge is 0.341 e. The van der Waals surface area contributed by atoms with Gasteiger partial charge in [0.25, 0.3) is 5.91 Å². The highest BCUT2D eigenvalue weighted by atomic mass is 32.1. The Kier molecular flexibility index (Phi) is 7.16. The first kappa shape index (κ1) is 19.1. The number of hydrogen-bond acceptors (Lipinski definition) is 4. The van der Waals surface area contributed by atoms with Crippen molar-refractivity contribution in [2.24, 2.45) is 0 Å². The highest BCUT2D eigenvalue weighted by Crippen LogP contribution is 2.36. The Labute approximate surface area is 152 Å². The van der Waals surface area contributed by atoms with Gasteiger partial charge in [-0.05, 0) is 25.8 Å². The number of rotatable bonds is 8. The first-order valence-corrected chi connectivity index (χ1v) is 9.41. The summed E-state index contributed by atoms with van der Waals surface area (Å²) < 4.78 is 5.19. The van der Waals surface area contributed by atoms with Crippen LogP contribution in [-0.4, -0.2) is 31.1 Å². The molecule has 0 aliphatic carbocycles. The number of nitrogens with one attached hydrogen (secondary N) is 1. The predicted molar refractivity (Wildman–Crippen MR) is 101 cm³/mol. The molecule has 1 heterocycles. The molecule has 1 atom stereocenters. The van der Waals surface area contributed by atoms with E-state index in [1.54, 1.807) is 6.92 Å². The first-order chi connectivity index (χ1) is 12.1. The molecular weight excluding hydrogens is 336 g/mol. The summed E-state index contributed by atoms with van der Waals surface area (Å²) in [4.78, 5) is 24.7. The first-order valence-electron chi connectivity index (χ1n) is 8.54. The van der Waals surface area contributed by atoms with Gasteiger partial charge in [-0.15, -0.1) is 11.3 Å². The van der Waals surface area contributed by atoms with E-state index in [1.807, 2.05) is 41.0 Å². The lowest BCUT2D eigenvalue weighted by atomic mass is 10.0. The molecule has 0 spiro atoms. The average Bonchev–Trinajstić information content (AvgIpc) is 3.04. The highest BCUT2D eigenvalue weighted by Gasteiger charge is 2.23. The molecule has 0 unspecified atom stereocenters. The van der Waals surface area contributed by atoms with E-state index in [1.165, 1.54) is 11.3 Å². The number of benzene rings is 1. The summed E-state index contributed by atoms with van der Waals surface area (Å²) in [6.07, 6.45) is 0.999. The van der Waals surface area contributed by atoms with Crippen molar-refractivity contribution in [2.45, 2.75) is 33.2 Å². The second kappa shape index (κ2) is 9.34. The molecule has 1 amide bonds. The molecule has 134 valence electrons. The van der Waals surface area contributed by atoms with Gasteiger partial charge in [-0.2, -0.15) is 0 Å². The Morgan fingerprint density at radius 2 is 1.96 bits per heavy atom. The van der Waals surface area contributed by atoms with E-state index in [4.69, 9.17) is 4.74 Å². The van der Waals surface area contributed by atoms with Gasteiger partial charge in [-0.25, -0.2) is 4.79 Å². The van der Waals surface area contributed by atoms with Gasteiger partial charge < -0.3 is 15.4 Å². The average molecular weight is 361 g/mol. The van der Waals surface area contributed by atoms with Crippen LogP contribution in [0.4, 0.5) is 5.00 Å². The van der Waals surface area contributed by atoms with E-state index in [0.29, 0.717) is 23.2 Å². The lowest BCUT2D eigenvalue weighted by Crippen LogP contribution is -2.90. The van der Waals surface area contributed by atoms with Crippen LogP contribution in [0.15, 0.2) is 35.7 Å². The summed E-state index contributed by atoms with van der Waals surface area (Å²) in [6.45, 7) is 6.55. The fourth-order valence-corrected chi connectivity index (χ4v) is 3.31. The molecule has 6 heteroatoms. The standard InChI is InChI=1S/C19H24N2O3S/c1-4-13(3)20-11-16(22)21-18-17(19(23)24-5-2)15(12-25-18)14-9-7-6-8-10-14/h6-10,12-13,20H,4-5,11H2,1-3H3,(H,21,22)/p+1/t13-/m0/s1. The fraction of sp³-hybridized carbons (Fsp3) is 0.368. The Hall–Kier alpha value is -2.18. The van der Waals surface area contributed by atoms with Crippen molar-refractivity contribution < 1.29 is 19.6 Å². The predicted octanol–water partition coefficient (Wildman–Crippen LogP) is 2.89. The monoisotopic (exact) mass is 361 g/mol. The number of ether oxygens (including phenoxy) is 1. The van der Waals surface area contributed by atoms with Crippen LogP contribution < -0.4 is 10.6 Å². The molecule has 0 radical (unpaired) electrons. The van der Waals surface area contributed by atoms with Crippen LogP contribution in [0, 0.1) is 0 Å². The minimum absolute atomic E-state index is 0.118. The molecule has 1 aromatic heterocycles. The van der Waals surface area contributed by atoms with E-state index in [9.17, 15) is 9.59 Å². The number of hydrogen-bond donors (Lipinski definition) is 2. The van der Waals surface area contributed by atoms with Gasteiger partial charge in [0.2, 0.25) is 0 Å². The summed E-state index contributed by atoms with van der Waals surface area (Å²) in [5, 5.41) is 7.28. The molecular formula is C19H25N2O3S+. The Balaban J connectivity index is 2.24. The Morgan fingerprint density at radius 1 is 1.24 bits per heavy atom. The molecule has 0 aliphatic rings. The minimum atomic E-state index is -0.413. The number of esters is 1. The third-order valence-corrected chi connectivity index (χ3v) is 4.85. The van der Waals surface area contributed by atoms with Crippen molar-refractivity contribution in [3.8, 4) is 11.1 Å². The lowest BCUT2D eigenvalue weighted by Gasteiger charge is -2.10. The van der Waals surface area contributed by atoms with Gasteiger partial charge in [-0.1, -0.05) is 37.3 Å². The summed E-state index contributed by atoms with van der Waals surface area (Å²) in [6, 6.07) is 10.0. The second-order valence-corrected chi connectivity index (χ2v) is 6.69. The quantitative estimate of drug-likeness (QED) is 0.710. The molecule has 0 fully saturated rings. The highest BCUT2D eigenvalue weighted by molar-refractivity contribution is 7.15. The molecule has 3 N–H and O–H groups in total. The fourth-order valence-electron chi connectivity index (χ4n) is 2.34. The SMILES string of the molecule is CCOC(=O)c1c(-c2ccccc2)csc1NC(=O)C[NH2+][C@@H](C)CC. The molecule has 25 heavy (non-hydrogen) atoms. The second-order valence-electron chi connectivity index (χ2n) is 5.81. The molecule has 5 nitrogen and oxygen atoms in total. The van der Waals surface area contributed by atoms with Crippen molar-refractivity contribution in [1.82, 2.24) is 0 Å². The Bertz CT molecular complexity index is 713. The van der Waals surface area contributed by atoms with Gasteiger partial charge >= 0.3 is 5.97 Å². The van der Waals surface area contributed by atoms with Crippen LogP contribution in [0.1, 0.15) is 37.6 Å². The number of anilines is 1. The number of carbonyl (C=O) groups excluding carboxylic acids is 2. The summed E-state index contributed by atoms with van der Waals surface area (Å²) in [5.41, 5.74) is 2.13. The maximum atomic E-state index is 12.4. The van der Waals surface area contributed by atoms with Gasteiger partial charge in [0.1, 0.15) is 10.6 Å². The molecule has 0 saturated heterocycles. The van der Waals surface area contributed by atoms with Crippen LogP contribution in [0.5, 0.6) is 0 Å². The van der Waals surface area contributed by atoms with Gasteiger partial charge in [0.15, 0.2) is 6.54 Å². The third kappa shape index (κ3) is 5.14. The number of quaternary nitrogens is 1. The van der Waals surface area contributed by atoms with Crippen molar-refractivity contribution in [3.05, 3.63) is 41.3 Å². The van der Waals surface area contributed by atoms with Crippen molar-refractivity contribution >= 4 is 28.2 Å². The van der Waals surface area contributed by atoms with Crippen molar-refractivity contribution in [3.63, 3.8) is 0 Å². The summed E-state index contributed by atoms with van der Waals surface area (Å²) >= 11 is 1.35. The van der Waals surface area contributed by atoms with Crippen molar-refractivity contribution in [1.29, 1.82) is 0 Å². The van der Waals surface area contributed by atoms with E-state index in [0.717, 1.165) is 17.5 Å². The van der Waals surface area contributed by atoms with E-state index in [-0.39, 0.29) is 12.5 Å². The largest absolute Gasteiger partial charge is 0.462 e. The summed E-state index contributed by atoms with van der Waals surface area (Å²) in [7, 11) is 0. The van der Waals surface area contributed by atoms with Crippen LogP contribution in [0.3, 0.4) is 0 Å². The number of carbonyl (C=O) groups is 2. The molecule has 0 saturated carbocycles. The van der Waals surface area contributed by atoms with E-state index < -0.39 is 5.97 Å². The van der Waals surface area contributed by atoms with Crippen LogP contribution in [-0.2, 0) is 9.53 Å². The lowest BCUT2D eigenvalue weighted by molar-refractivity contribution is -0.675. The van der Waals surface area contributed by atoms with Crippen LogP contribution in [0.25, 0.3) is 11.1 Å². The number of nitrogens with two attached hydrogens (primary N) is 1. The van der Waals surface area contributed by atoms with Crippen LogP contribution >= 0.6 is 11.3 Å². The van der Waals surface area contributed by atoms with E-state index in [2.05, 4.69) is 19.2 Å². The topological polar surface area (TPSA) is 72.0 Å². The summed E-state index contributed by atoms with van der Waals surface area (Å²) in [5.74, 6) is -0.531. The van der Waals surface area contributed by atoms with Gasteiger partial charge in [0.05, 0.1) is 12.6 Å². The zero-order valence-electron chi connectivity index (χ0n) is 14.9. The normalized spacial score (nSPS) is 11.8. The molecule has 1 aromatic carbocycles. The van der Waals surface area contributed by atoms with Gasteiger partial charge in [-0.3, -0.25) is 4.79 Å². The molecule has 0 bridgehead atoms. The van der Waals surface area contributed by atoms with Gasteiger partial charge in [0, 0.05) is 10.9 Å². The zero-order chi connectivity index (χ0) is 18.2.